The first-order chi connectivity index (χ1) is 22.8. The number of rotatable bonds is 9. The van der Waals surface area contributed by atoms with E-state index in [1.807, 2.05) is 0 Å². The molecule has 0 spiro atoms. The van der Waals surface area contributed by atoms with E-state index in [0.717, 1.165) is 71.1 Å². The molecule has 1 unspecified atom stereocenters. The van der Waals surface area contributed by atoms with Crippen LogP contribution in [-0.2, 0) is 6.42 Å². The van der Waals surface area contributed by atoms with Gasteiger partial charge in [-0.25, -0.2) is 13.8 Å². The fourth-order valence-electron chi connectivity index (χ4n) is 7.77. The number of benzene rings is 2. The molecule has 0 saturated carbocycles. The molecule has 2 saturated heterocycles. The van der Waals surface area contributed by atoms with Gasteiger partial charge in [0, 0.05) is 23.5 Å². The van der Waals surface area contributed by atoms with Gasteiger partial charge in [0.2, 0.25) is 0 Å². The second-order valence-corrected chi connectivity index (χ2v) is 13.8. The lowest BCUT2D eigenvalue weighted by Crippen LogP contribution is -2.43. The summed E-state index contributed by atoms with van der Waals surface area (Å²) in [5.41, 5.74) is 0.815. The van der Waals surface area contributed by atoms with Crippen LogP contribution in [0.4, 0.5) is 14.6 Å². The molecule has 3 N–H and O–H groups in total. The molecule has 47 heavy (non-hydrogen) atoms. The van der Waals surface area contributed by atoms with E-state index in [0.29, 0.717) is 46.6 Å². The first kappa shape index (κ1) is 31.5. The second-order valence-electron chi connectivity index (χ2n) is 13.8. The van der Waals surface area contributed by atoms with E-state index in [-0.39, 0.29) is 45.7 Å². The molecule has 0 radical (unpaired) electrons. The number of halogens is 2. The molecule has 10 heteroatoms. The lowest BCUT2D eigenvalue weighted by atomic mass is 9.94. The minimum Gasteiger partial charge on any atom is -0.508 e. The van der Waals surface area contributed by atoms with Gasteiger partial charge in [0.25, 0.3) is 0 Å². The SMILES string of the molecule is C#Cc1c(F)ccc2cc(O)cc(-c3nc4c5c(nc(OCC67CCCN6CCC7)nc5c3F)NC(CNCCC(C)C)CCC4)c12. The Bertz CT molecular complexity index is 1860. The molecule has 2 aromatic carbocycles. The molecule has 3 aliphatic heterocycles. The lowest BCUT2D eigenvalue weighted by Gasteiger charge is -2.31. The highest BCUT2D eigenvalue weighted by Crippen LogP contribution is 2.42. The average Bonchev–Trinajstić information content (AvgIpc) is 3.62. The summed E-state index contributed by atoms with van der Waals surface area (Å²) in [4.78, 5) is 16.9. The predicted molar refractivity (Wildman–Crippen MR) is 181 cm³/mol. The summed E-state index contributed by atoms with van der Waals surface area (Å²) >= 11 is 0. The van der Waals surface area contributed by atoms with E-state index in [1.54, 1.807) is 0 Å². The molecule has 0 aliphatic carbocycles. The van der Waals surface area contributed by atoms with Gasteiger partial charge in [-0.15, -0.1) is 6.42 Å². The Kier molecular flexibility index (Phi) is 8.62. The maximum atomic E-state index is 17.0. The Balaban J connectivity index is 1.35. The van der Waals surface area contributed by atoms with Crippen LogP contribution in [0.5, 0.6) is 11.8 Å². The molecule has 8 nitrogen and oxygen atoms in total. The third-order valence-electron chi connectivity index (χ3n) is 10.2. The van der Waals surface area contributed by atoms with E-state index < -0.39 is 11.6 Å². The zero-order valence-electron chi connectivity index (χ0n) is 27.1. The smallest absolute Gasteiger partial charge is 0.319 e. The van der Waals surface area contributed by atoms with Crippen LogP contribution in [0, 0.1) is 29.9 Å². The van der Waals surface area contributed by atoms with E-state index in [1.165, 1.54) is 24.3 Å². The summed E-state index contributed by atoms with van der Waals surface area (Å²) in [6.45, 7) is 8.63. The van der Waals surface area contributed by atoms with Crippen LogP contribution in [0.25, 0.3) is 32.9 Å². The number of nitrogens with one attached hydrogen (secondary N) is 2. The zero-order valence-corrected chi connectivity index (χ0v) is 27.1. The van der Waals surface area contributed by atoms with Crippen molar-refractivity contribution in [3.8, 4) is 35.4 Å². The standard InChI is InChI=1S/C37H42F2N6O2/c1-4-26-28(38)11-10-23-18-25(46)19-27(30(23)26)33-32(39)34-31-29(42-33)9-5-8-24(20-40-15-12-22(2)3)41-35(31)44-36(43-34)47-21-37-13-6-16-45(37)17-7-14-37/h1,10-11,18-19,22,24,40,46H,5-9,12-17,20-21H2,2-3H3,(H,41,43,44). The van der Waals surface area contributed by atoms with Gasteiger partial charge in [0.1, 0.15) is 35.2 Å². The minimum absolute atomic E-state index is 0.0136. The van der Waals surface area contributed by atoms with Crippen LogP contribution in [0.3, 0.4) is 0 Å². The Morgan fingerprint density at radius 1 is 1.13 bits per heavy atom. The number of nitrogens with zero attached hydrogens (tertiary/aromatic N) is 4. The monoisotopic (exact) mass is 640 g/mol. The molecule has 246 valence electrons. The highest BCUT2D eigenvalue weighted by molar-refractivity contribution is 6.03. The molecule has 0 amide bonds. The van der Waals surface area contributed by atoms with Gasteiger partial charge in [-0.3, -0.25) is 4.90 Å². The Labute approximate surface area is 274 Å². The van der Waals surface area contributed by atoms with E-state index >= 15 is 4.39 Å². The number of anilines is 1. The summed E-state index contributed by atoms with van der Waals surface area (Å²) in [7, 11) is 0. The van der Waals surface area contributed by atoms with Crippen LogP contribution in [0.2, 0.25) is 0 Å². The third kappa shape index (κ3) is 5.96. The third-order valence-corrected chi connectivity index (χ3v) is 10.2. The summed E-state index contributed by atoms with van der Waals surface area (Å²) in [6.07, 6.45) is 13.4. The van der Waals surface area contributed by atoms with Gasteiger partial charge in [-0.2, -0.15) is 9.97 Å². The number of phenolic OH excluding ortho intramolecular Hbond substituents is 1. The molecule has 2 fully saturated rings. The summed E-state index contributed by atoms with van der Waals surface area (Å²) in [5.74, 6) is 2.11. The van der Waals surface area contributed by atoms with Crippen LogP contribution in [0.1, 0.15) is 70.1 Å². The first-order valence-corrected chi connectivity index (χ1v) is 16.9. The van der Waals surface area contributed by atoms with Gasteiger partial charge < -0.3 is 20.5 Å². The first-order valence-electron chi connectivity index (χ1n) is 16.9. The molecular weight excluding hydrogens is 598 g/mol. The number of pyridine rings is 1. The lowest BCUT2D eigenvalue weighted by molar-refractivity contribution is 0.108. The van der Waals surface area contributed by atoms with Crippen molar-refractivity contribution in [3.05, 3.63) is 47.2 Å². The molecule has 3 aliphatic rings. The number of phenols is 1. The van der Waals surface area contributed by atoms with E-state index in [2.05, 4.69) is 35.3 Å². The zero-order chi connectivity index (χ0) is 32.7. The number of terminal acetylenes is 1. The molecular formula is C37H42F2N6O2. The normalized spacial score (nSPS) is 19.0. The minimum atomic E-state index is -0.702. The Hall–Kier alpha value is -4.07. The van der Waals surface area contributed by atoms with Crippen molar-refractivity contribution in [1.29, 1.82) is 0 Å². The van der Waals surface area contributed by atoms with Crippen molar-refractivity contribution in [2.75, 3.05) is 38.1 Å². The van der Waals surface area contributed by atoms with Crippen molar-refractivity contribution in [1.82, 2.24) is 25.2 Å². The largest absolute Gasteiger partial charge is 0.508 e. The van der Waals surface area contributed by atoms with Crippen molar-refractivity contribution in [3.63, 3.8) is 0 Å². The van der Waals surface area contributed by atoms with Crippen molar-refractivity contribution in [2.24, 2.45) is 5.92 Å². The highest BCUT2D eigenvalue weighted by atomic mass is 19.1. The van der Waals surface area contributed by atoms with Crippen LogP contribution < -0.4 is 15.4 Å². The van der Waals surface area contributed by atoms with Crippen LogP contribution >= 0.6 is 0 Å². The van der Waals surface area contributed by atoms with E-state index in [9.17, 15) is 9.50 Å². The fraction of sp³-hybridized carbons (Fsp3) is 0.486. The maximum absolute atomic E-state index is 17.0. The predicted octanol–water partition coefficient (Wildman–Crippen LogP) is 6.57. The van der Waals surface area contributed by atoms with Gasteiger partial charge in [-0.05, 0) is 101 Å². The molecule has 2 aromatic heterocycles. The van der Waals surface area contributed by atoms with Gasteiger partial charge >= 0.3 is 6.01 Å². The van der Waals surface area contributed by atoms with Gasteiger partial charge in [0.15, 0.2) is 5.82 Å². The highest BCUT2D eigenvalue weighted by Gasteiger charge is 2.45. The van der Waals surface area contributed by atoms with Crippen LogP contribution in [-0.4, -0.2) is 69.3 Å². The summed E-state index contributed by atoms with van der Waals surface area (Å²) < 4.78 is 38.3. The summed E-state index contributed by atoms with van der Waals surface area (Å²) in [6, 6.07) is 5.82. The number of hydrogen-bond acceptors (Lipinski definition) is 8. The van der Waals surface area contributed by atoms with Crippen molar-refractivity contribution < 1.29 is 18.6 Å². The number of aromatic hydroxyl groups is 1. The maximum Gasteiger partial charge on any atom is 0.319 e. The Morgan fingerprint density at radius 2 is 1.94 bits per heavy atom. The topological polar surface area (TPSA) is 95.4 Å². The quantitative estimate of drug-likeness (QED) is 0.140. The van der Waals surface area contributed by atoms with Gasteiger partial charge in [0.05, 0.1) is 22.2 Å². The molecule has 5 heterocycles. The van der Waals surface area contributed by atoms with Crippen molar-refractivity contribution in [2.45, 2.75) is 76.8 Å². The number of fused-ring (bicyclic) bond motifs is 2. The Morgan fingerprint density at radius 3 is 2.70 bits per heavy atom. The molecule has 4 aromatic rings. The number of ether oxygens (including phenoxy) is 1. The molecule has 7 rings (SSSR count). The molecule has 1 atom stereocenters. The number of hydrogen-bond donors (Lipinski definition) is 3. The fourth-order valence-corrected chi connectivity index (χ4v) is 7.77. The van der Waals surface area contributed by atoms with Gasteiger partial charge in [-0.1, -0.05) is 25.8 Å². The molecule has 0 bridgehead atoms. The number of aromatic nitrogens is 3. The second kappa shape index (κ2) is 12.9. The van der Waals surface area contributed by atoms with E-state index in [4.69, 9.17) is 26.1 Å². The number of aryl methyl sites for hydroxylation is 1. The average molecular weight is 641 g/mol. The van der Waals surface area contributed by atoms with Crippen LogP contribution in [0.15, 0.2) is 24.3 Å². The van der Waals surface area contributed by atoms with Crippen molar-refractivity contribution >= 4 is 27.5 Å². The summed E-state index contributed by atoms with van der Waals surface area (Å²) in [5, 5.41) is 19.1.